The molecule has 5 rings (SSSR count). The van der Waals surface area contributed by atoms with Gasteiger partial charge >= 0.3 is 0 Å². The van der Waals surface area contributed by atoms with Crippen LogP contribution in [-0.2, 0) is 10.0 Å². The molecule has 3 aromatic rings. The topological polar surface area (TPSA) is 88.8 Å². The van der Waals surface area contributed by atoms with Crippen LogP contribution in [0.1, 0.15) is 30.2 Å². The summed E-state index contributed by atoms with van der Waals surface area (Å²) in [5, 5.41) is 4.06. The van der Waals surface area contributed by atoms with E-state index in [-0.39, 0.29) is 0 Å². The van der Waals surface area contributed by atoms with E-state index in [0.29, 0.717) is 59.8 Å². The highest BCUT2D eigenvalue weighted by Crippen LogP contribution is 2.39. The number of rotatable bonds is 6. The molecule has 2 fully saturated rings. The van der Waals surface area contributed by atoms with Crippen molar-refractivity contribution in [2.24, 2.45) is 0 Å². The third kappa shape index (κ3) is 3.98. The van der Waals surface area contributed by atoms with Crippen LogP contribution in [-0.4, -0.2) is 56.2 Å². The van der Waals surface area contributed by atoms with Crippen molar-refractivity contribution >= 4 is 15.7 Å². The highest BCUT2D eigenvalue weighted by molar-refractivity contribution is 7.89. The summed E-state index contributed by atoms with van der Waals surface area (Å²) in [5.41, 5.74) is 2.42. The number of piperazine rings is 1. The van der Waals surface area contributed by atoms with E-state index in [2.05, 4.69) is 15.0 Å². The van der Waals surface area contributed by atoms with Crippen LogP contribution >= 0.6 is 0 Å². The molecule has 1 saturated carbocycles. The maximum atomic E-state index is 13.5. The number of aryl methyl sites for hydroxylation is 1. The monoisotopic (exact) mass is 454 g/mol. The second-order valence-electron chi connectivity index (χ2n) is 8.30. The Balaban J connectivity index is 1.33. The molecule has 9 heteroatoms. The molecule has 2 heterocycles. The maximum Gasteiger partial charge on any atom is 0.243 e. The molecular formula is C23H26N4O4S. The molecule has 0 atom stereocenters. The van der Waals surface area contributed by atoms with Crippen molar-refractivity contribution < 1.29 is 17.7 Å². The van der Waals surface area contributed by atoms with Crippen molar-refractivity contribution in [1.29, 1.82) is 0 Å². The summed E-state index contributed by atoms with van der Waals surface area (Å²) in [5.74, 6) is 2.23. The van der Waals surface area contributed by atoms with Gasteiger partial charge in [0.25, 0.3) is 0 Å². The van der Waals surface area contributed by atoms with E-state index in [1.165, 1.54) is 0 Å². The van der Waals surface area contributed by atoms with Crippen molar-refractivity contribution in [3.8, 4) is 17.1 Å². The average Bonchev–Trinajstić information content (AvgIpc) is 3.56. The van der Waals surface area contributed by atoms with Gasteiger partial charge in [0.2, 0.25) is 21.7 Å². The van der Waals surface area contributed by atoms with E-state index in [9.17, 15) is 8.42 Å². The van der Waals surface area contributed by atoms with Crippen LogP contribution < -0.4 is 9.64 Å². The summed E-state index contributed by atoms with van der Waals surface area (Å²) in [6.45, 7) is 3.91. The van der Waals surface area contributed by atoms with E-state index in [4.69, 9.17) is 9.26 Å². The molecule has 0 N–H and O–H groups in total. The van der Waals surface area contributed by atoms with Gasteiger partial charge in [0.05, 0.1) is 12.0 Å². The lowest BCUT2D eigenvalue weighted by Gasteiger charge is -2.35. The minimum absolute atomic E-state index is 0.297. The SMILES string of the molecule is COc1ccc(N2CCN(S(=O)(=O)c3cc(-c4noc(C5CC5)n4)ccc3C)CC2)cc1. The predicted octanol–water partition coefficient (Wildman–Crippen LogP) is 3.44. The summed E-state index contributed by atoms with van der Waals surface area (Å²) < 4.78 is 39.1. The number of aromatic nitrogens is 2. The summed E-state index contributed by atoms with van der Waals surface area (Å²) >= 11 is 0. The van der Waals surface area contributed by atoms with E-state index in [1.807, 2.05) is 43.3 Å². The normalized spacial score (nSPS) is 17.5. The van der Waals surface area contributed by atoms with Crippen LogP contribution in [0.3, 0.4) is 0 Å². The van der Waals surface area contributed by atoms with Crippen LogP contribution in [0.5, 0.6) is 5.75 Å². The zero-order valence-electron chi connectivity index (χ0n) is 18.2. The molecule has 1 aliphatic heterocycles. The highest BCUT2D eigenvalue weighted by Gasteiger charge is 2.32. The molecule has 0 unspecified atom stereocenters. The summed E-state index contributed by atoms with van der Waals surface area (Å²) in [6, 6.07) is 13.1. The number of hydrogen-bond donors (Lipinski definition) is 0. The minimum Gasteiger partial charge on any atom is -0.497 e. The fourth-order valence-corrected chi connectivity index (χ4v) is 5.66. The number of nitrogens with zero attached hydrogens (tertiary/aromatic N) is 4. The Labute approximate surface area is 187 Å². The molecule has 0 bridgehead atoms. The maximum absolute atomic E-state index is 13.5. The zero-order chi connectivity index (χ0) is 22.3. The van der Waals surface area contributed by atoms with E-state index in [1.54, 1.807) is 17.5 Å². The minimum atomic E-state index is -3.64. The third-order valence-electron chi connectivity index (χ3n) is 6.11. The number of hydrogen-bond acceptors (Lipinski definition) is 7. The molecule has 0 radical (unpaired) electrons. The highest BCUT2D eigenvalue weighted by atomic mass is 32.2. The van der Waals surface area contributed by atoms with E-state index < -0.39 is 10.0 Å². The van der Waals surface area contributed by atoms with Gasteiger partial charge in [-0.15, -0.1) is 0 Å². The van der Waals surface area contributed by atoms with Crippen molar-refractivity contribution in [2.45, 2.75) is 30.6 Å². The fraction of sp³-hybridized carbons (Fsp3) is 0.391. The Kier molecular flexibility index (Phi) is 5.38. The van der Waals surface area contributed by atoms with Gasteiger partial charge < -0.3 is 14.2 Å². The van der Waals surface area contributed by atoms with Gasteiger partial charge in [-0.25, -0.2) is 8.42 Å². The molecule has 2 aromatic carbocycles. The number of ether oxygens (including phenoxy) is 1. The fourth-order valence-electron chi connectivity index (χ4n) is 3.98. The largest absolute Gasteiger partial charge is 0.497 e. The first-order chi connectivity index (χ1) is 15.5. The van der Waals surface area contributed by atoms with Crippen molar-refractivity contribution in [3.05, 3.63) is 53.9 Å². The van der Waals surface area contributed by atoms with Gasteiger partial charge in [-0.1, -0.05) is 17.3 Å². The number of methoxy groups -OCH3 is 1. The molecule has 1 aromatic heterocycles. The van der Waals surface area contributed by atoms with Gasteiger partial charge in [0.1, 0.15) is 5.75 Å². The Morgan fingerprint density at radius 1 is 1.03 bits per heavy atom. The average molecular weight is 455 g/mol. The van der Waals surface area contributed by atoms with Crippen molar-refractivity contribution in [2.75, 3.05) is 38.2 Å². The molecule has 2 aliphatic rings. The standard InChI is InChI=1S/C23H26N4O4S/c1-16-3-4-18(22-24-23(31-25-22)17-5-6-17)15-21(16)32(28,29)27-13-11-26(12-14-27)19-7-9-20(30-2)10-8-19/h3-4,7-10,15,17H,5-6,11-14H2,1-2H3. The first-order valence-electron chi connectivity index (χ1n) is 10.8. The van der Waals surface area contributed by atoms with Crippen LogP contribution in [0.4, 0.5) is 5.69 Å². The smallest absolute Gasteiger partial charge is 0.243 e. The quantitative estimate of drug-likeness (QED) is 0.564. The van der Waals surface area contributed by atoms with E-state index in [0.717, 1.165) is 24.3 Å². The van der Waals surface area contributed by atoms with Crippen LogP contribution in [0, 0.1) is 6.92 Å². The zero-order valence-corrected chi connectivity index (χ0v) is 19.0. The first-order valence-corrected chi connectivity index (χ1v) is 12.2. The Hall–Kier alpha value is -2.91. The second kappa shape index (κ2) is 8.22. The van der Waals surface area contributed by atoms with Gasteiger partial charge in [-0.3, -0.25) is 0 Å². The Bertz CT molecular complexity index is 1210. The molecule has 1 saturated heterocycles. The predicted molar refractivity (Wildman–Crippen MR) is 120 cm³/mol. The lowest BCUT2D eigenvalue weighted by molar-refractivity contribution is 0.380. The molecule has 1 aliphatic carbocycles. The van der Waals surface area contributed by atoms with Gasteiger partial charge in [0, 0.05) is 43.3 Å². The summed E-state index contributed by atoms with van der Waals surface area (Å²) in [4.78, 5) is 6.95. The van der Waals surface area contributed by atoms with E-state index >= 15 is 0 Å². The van der Waals surface area contributed by atoms with Crippen LogP contribution in [0.2, 0.25) is 0 Å². The third-order valence-corrected chi connectivity index (χ3v) is 8.15. The Morgan fingerprint density at radius 3 is 2.41 bits per heavy atom. The van der Waals surface area contributed by atoms with Gasteiger partial charge in [0.15, 0.2) is 0 Å². The number of sulfonamides is 1. The summed E-state index contributed by atoms with van der Waals surface area (Å²) in [7, 11) is -2.00. The van der Waals surface area contributed by atoms with Crippen LogP contribution in [0.15, 0.2) is 51.9 Å². The van der Waals surface area contributed by atoms with Gasteiger partial charge in [-0.05, 0) is 55.7 Å². The number of anilines is 1. The van der Waals surface area contributed by atoms with Crippen LogP contribution in [0.25, 0.3) is 11.4 Å². The molecule has 32 heavy (non-hydrogen) atoms. The molecule has 0 spiro atoms. The first kappa shape index (κ1) is 21.0. The lowest BCUT2D eigenvalue weighted by Crippen LogP contribution is -2.48. The number of benzene rings is 2. The molecule has 0 amide bonds. The summed E-state index contributed by atoms with van der Waals surface area (Å²) in [6.07, 6.45) is 2.13. The van der Waals surface area contributed by atoms with Gasteiger partial charge in [-0.2, -0.15) is 9.29 Å². The van der Waals surface area contributed by atoms with Crippen molar-refractivity contribution in [1.82, 2.24) is 14.4 Å². The lowest BCUT2D eigenvalue weighted by atomic mass is 10.1. The molecular weight excluding hydrogens is 428 g/mol. The molecule has 8 nitrogen and oxygen atoms in total. The van der Waals surface area contributed by atoms with Crippen molar-refractivity contribution in [3.63, 3.8) is 0 Å². The second-order valence-corrected chi connectivity index (χ2v) is 10.2. The Morgan fingerprint density at radius 2 is 1.75 bits per heavy atom. The molecule has 168 valence electrons.